The number of carbonyl (C=O) groups excluding carboxylic acids is 1. The van der Waals surface area contributed by atoms with Crippen LogP contribution in [-0.2, 0) is 17.8 Å². The van der Waals surface area contributed by atoms with Crippen molar-refractivity contribution in [3.63, 3.8) is 0 Å². The number of amides is 1. The smallest absolute Gasteiger partial charge is 0.258 e. The molecule has 0 radical (unpaired) electrons. The summed E-state index contributed by atoms with van der Waals surface area (Å²) in [5.41, 5.74) is 2.16. The highest BCUT2D eigenvalue weighted by atomic mass is 19.1. The van der Waals surface area contributed by atoms with Crippen LogP contribution in [-0.4, -0.2) is 22.1 Å². The molecule has 1 heterocycles. The second kappa shape index (κ2) is 8.49. The molecule has 0 unspecified atom stereocenters. The normalized spacial score (nSPS) is 10.6. The number of halogens is 1. The van der Waals surface area contributed by atoms with Crippen molar-refractivity contribution in [3.05, 3.63) is 77.6 Å². The number of nitrogens with one attached hydrogen (secondary N) is 1. The predicted molar refractivity (Wildman–Crippen MR) is 101 cm³/mol. The third-order valence-corrected chi connectivity index (χ3v) is 4.30. The number of imidazole rings is 1. The third kappa shape index (κ3) is 4.53. The molecule has 2 aromatic carbocycles. The first-order chi connectivity index (χ1) is 13.1. The summed E-state index contributed by atoms with van der Waals surface area (Å²) in [6.07, 6.45) is 4.17. The van der Waals surface area contributed by atoms with Crippen LogP contribution in [0.5, 0.6) is 5.75 Å². The van der Waals surface area contributed by atoms with Gasteiger partial charge in [0.15, 0.2) is 6.61 Å². The fraction of sp³-hybridized carbons (Fsp3) is 0.238. The largest absolute Gasteiger partial charge is 0.483 e. The number of hydrogen-bond donors (Lipinski definition) is 1. The van der Waals surface area contributed by atoms with Gasteiger partial charge < -0.3 is 14.6 Å². The highest BCUT2D eigenvalue weighted by Gasteiger charge is 2.09. The number of para-hydroxylation sites is 1. The number of ether oxygens (including phenoxy) is 1. The Kier molecular flexibility index (Phi) is 5.86. The number of nitrogens with zero attached hydrogens (tertiary/aromatic N) is 2. The Morgan fingerprint density at radius 1 is 1.26 bits per heavy atom. The van der Waals surface area contributed by atoms with Crippen molar-refractivity contribution in [2.24, 2.45) is 0 Å². The molecule has 0 saturated heterocycles. The van der Waals surface area contributed by atoms with Gasteiger partial charge in [0, 0.05) is 18.9 Å². The van der Waals surface area contributed by atoms with E-state index in [9.17, 15) is 9.18 Å². The lowest BCUT2D eigenvalue weighted by molar-refractivity contribution is -0.123. The zero-order valence-corrected chi connectivity index (χ0v) is 15.4. The van der Waals surface area contributed by atoms with Gasteiger partial charge in [-0.05, 0) is 42.7 Å². The van der Waals surface area contributed by atoms with Gasteiger partial charge in [0.25, 0.3) is 5.91 Å². The number of aryl methyl sites for hydroxylation is 2. The molecule has 0 aliphatic heterocycles. The Balaban J connectivity index is 1.56. The minimum absolute atomic E-state index is 0.0776. The summed E-state index contributed by atoms with van der Waals surface area (Å²) >= 11 is 0. The third-order valence-electron chi connectivity index (χ3n) is 4.30. The van der Waals surface area contributed by atoms with Gasteiger partial charge in [0.05, 0.1) is 5.69 Å². The number of benzene rings is 2. The van der Waals surface area contributed by atoms with E-state index in [0.29, 0.717) is 22.8 Å². The maximum atomic E-state index is 14.4. The topological polar surface area (TPSA) is 56.1 Å². The van der Waals surface area contributed by atoms with E-state index in [1.54, 1.807) is 29.1 Å². The molecule has 3 rings (SSSR count). The van der Waals surface area contributed by atoms with E-state index < -0.39 is 0 Å². The van der Waals surface area contributed by atoms with Gasteiger partial charge >= 0.3 is 0 Å². The Labute approximate surface area is 157 Å². The zero-order valence-electron chi connectivity index (χ0n) is 15.4. The van der Waals surface area contributed by atoms with Crippen LogP contribution in [0.3, 0.4) is 0 Å². The van der Waals surface area contributed by atoms with E-state index in [1.807, 2.05) is 38.1 Å². The number of aromatic nitrogens is 2. The quantitative estimate of drug-likeness (QED) is 0.694. The van der Waals surface area contributed by atoms with Gasteiger partial charge in [-0.2, -0.15) is 0 Å². The molecule has 1 aromatic heterocycles. The molecule has 3 aromatic rings. The van der Waals surface area contributed by atoms with Crippen molar-refractivity contribution in [1.29, 1.82) is 0 Å². The first-order valence-corrected chi connectivity index (χ1v) is 8.84. The molecular weight excluding hydrogens is 345 g/mol. The van der Waals surface area contributed by atoms with Gasteiger partial charge in [-0.15, -0.1) is 0 Å². The van der Waals surface area contributed by atoms with Crippen LogP contribution >= 0.6 is 0 Å². The van der Waals surface area contributed by atoms with Gasteiger partial charge in [0.2, 0.25) is 0 Å². The number of hydrogen-bond acceptors (Lipinski definition) is 3. The monoisotopic (exact) mass is 367 g/mol. The van der Waals surface area contributed by atoms with E-state index in [-0.39, 0.29) is 24.9 Å². The van der Waals surface area contributed by atoms with Gasteiger partial charge in [-0.1, -0.05) is 31.2 Å². The fourth-order valence-corrected chi connectivity index (χ4v) is 2.82. The number of rotatable bonds is 7. The minimum atomic E-state index is -0.365. The highest BCUT2D eigenvalue weighted by molar-refractivity contribution is 5.77. The molecule has 6 heteroatoms. The second-order valence-corrected chi connectivity index (χ2v) is 6.16. The first kappa shape index (κ1) is 18.6. The van der Waals surface area contributed by atoms with Crippen LogP contribution < -0.4 is 10.1 Å². The van der Waals surface area contributed by atoms with Crippen molar-refractivity contribution in [2.45, 2.75) is 26.8 Å². The molecule has 0 fully saturated rings. The van der Waals surface area contributed by atoms with Crippen molar-refractivity contribution >= 4 is 5.91 Å². The molecule has 0 spiro atoms. The molecule has 27 heavy (non-hydrogen) atoms. The van der Waals surface area contributed by atoms with Gasteiger partial charge in [0.1, 0.15) is 17.4 Å². The van der Waals surface area contributed by atoms with Gasteiger partial charge in [-0.3, -0.25) is 4.79 Å². The van der Waals surface area contributed by atoms with Crippen LogP contribution in [0.2, 0.25) is 0 Å². The summed E-state index contributed by atoms with van der Waals surface area (Å²) in [5.74, 6) is 0.799. The number of carbonyl (C=O) groups is 1. The van der Waals surface area contributed by atoms with Crippen LogP contribution in [0.1, 0.15) is 23.9 Å². The maximum absolute atomic E-state index is 14.4. The molecule has 0 saturated carbocycles. The molecular formula is C21H22FN3O2. The van der Waals surface area contributed by atoms with Crippen LogP contribution in [0, 0.1) is 12.7 Å². The van der Waals surface area contributed by atoms with Crippen molar-refractivity contribution < 1.29 is 13.9 Å². The second-order valence-electron chi connectivity index (χ2n) is 6.16. The Hall–Kier alpha value is -3.15. The minimum Gasteiger partial charge on any atom is -0.483 e. The average molecular weight is 367 g/mol. The predicted octanol–water partition coefficient (Wildman–Crippen LogP) is 3.58. The van der Waals surface area contributed by atoms with Crippen molar-refractivity contribution in [1.82, 2.24) is 14.9 Å². The summed E-state index contributed by atoms with van der Waals surface area (Å²) in [4.78, 5) is 16.1. The fourth-order valence-electron chi connectivity index (χ4n) is 2.82. The van der Waals surface area contributed by atoms with Crippen LogP contribution in [0.4, 0.5) is 4.39 Å². The Morgan fingerprint density at radius 3 is 2.78 bits per heavy atom. The lowest BCUT2D eigenvalue weighted by atomic mass is 10.1. The summed E-state index contributed by atoms with van der Waals surface area (Å²) in [7, 11) is 0. The molecule has 1 amide bonds. The van der Waals surface area contributed by atoms with Crippen LogP contribution in [0.15, 0.2) is 54.9 Å². The SMILES string of the molecule is CCc1ccccc1OCC(=O)NCc1ccc(-n2ccnc2C)c(F)c1. The first-order valence-electron chi connectivity index (χ1n) is 8.84. The molecule has 0 aliphatic carbocycles. The average Bonchev–Trinajstić information content (AvgIpc) is 3.10. The summed E-state index contributed by atoms with van der Waals surface area (Å²) < 4.78 is 21.6. The lowest BCUT2D eigenvalue weighted by Gasteiger charge is -2.11. The zero-order chi connectivity index (χ0) is 19.2. The van der Waals surface area contributed by atoms with Gasteiger partial charge in [-0.25, -0.2) is 9.37 Å². The Morgan fingerprint density at radius 2 is 2.07 bits per heavy atom. The van der Waals surface area contributed by atoms with E-state index >= 15 is 0 Å². The Bertz CT molecular complexity index is 937. The highest BCUT2D eigenvalue weighted by Crippen LogP contribution is 2.18. The van der Waals surface area contributed by atoms with E-state index in [4.69, 9.17) is 4.74 Å². The molecule has 140 valence electrons. The van der Waals surface area contributed by atoms with Crippen molar-refractivity contribution in [2.75, 3.05) is 6.61 Å². The maximum Gasteiger partial charge on any atom is 0.258 e. The molecule has 0 bridgehead atoms. The molecule has 5 nitrogen and oxygen atoms in total. The van der Waals surface area contributed by atoms with E-state index in [0.717, 1.165) is 12.0 Å². The standard InChI is InChI=1S/C21H22FN3O2/c1-3-17-6-4-5-7-20(17)27-14-21(26)24-13-16-8-9-19(18(22)12-16)25-11-10-23-15(25)2/h4-12H,3,13-14H2,1-2H3,(H,24,26). The van der Waals surface area contributed by atoms with Crippen LogP contribution in [0.25, 0.3) is 5.69 Å². The summed E-state index contributed by atoms with van der Waals surface area (Å²) in [6.45, 7) is 4.00. The molecule has 1 N–H and O–H groups in total. The molecule has 0 aliphatic rings. The summed E-state index contributed by atoms with van der Waals surface area (Å²) in [5, 5.41) is 2.75. The summed E-state index contributed by atoms with van der Waals surface area (Å²) in [6, 6.07) is 12.5. The van der Waals surface area contributed by atoms with E-state index in [2.05, 4.69) is 10.3 Å². The van der Waals surface area contributed by atoms with E-state index in [1.165, 1.54) is 6.07 Å². The van der Waals surface area contributed by atoms with Crippen molar-refractivity contribution in [3.8, 4) is 11.4 Å². The molecule has 0 atom stereocenters. The lowest BCUT2D eigenvalue weighted by Crippen LogP contribution is -2.28.